The van der Waals surface area contributed by atoms with E-state index in [1.807, 2.05) is 46.0 Å². The maximum atomic E-state index is 13.5. The fourth-order valence-electron chi connectivity index (χ4n) is 6.64. The van der Waals surface area contributed by atoms with Crippen LogP contribution in [0.3, 0.4) is 0 Å². The van der Waals surface area contributed by atoms with Crippen LogP contribution in [-0.2, 0) is 9.59 Å². The second kappa shape index (κ2) is 9.99. The highest BCUT2D eigenvalue weighted by Crippen LogP contribution is 2.37. The van der Waals surface area contributed by atoms with Crippen LogP contribution >= 0.6 is 0 Å². The fourth-order valence-corrected chi connectivity index (χ4v) is 6.64. The number of aromatic nitrogens is 1. The molecule has 1 aromatic carbocycles. The second-order valence-electron chi connectivity index (χ2n) is 11.5. The maximum Gasteiger partial charge on any atom is 0.324 e. The van der Waals surface area contributed by atoms with Crippen molar-refractivity contribution in [2.75, 3.05) is 37.6 Å². The zero-order chi connectivity index (χ0) is 28.2. The number of rotatable bonds is 9. The van der Waals surface area contributed by atoms with Gasteiger partial charge in [-0.25, -0.2) is 0 Å². The summed E-state index contributed by atoms with van der Waals surface area (Å²) >= 11 is 0. The highest BCUT2D eigenvalue weighted by atomic mass is 16.5. The molecule has 0 radical (unpaired) electrons. The molecule has 1 amide bonds. The molecule has 2 aliphatic carbocycles. The van der Waals surface area contributed by atoms with Gasteiger partial charge in [0, 0.05) is 49.4 Å². The minimum Gasteiger partial charge on any atom is -0.495 e. The summed E-state index contributed by atoms with van der Waals surface area (Å²) in [6.45, 7) is 2.89. The van der Waals surface area contributed by atoms with Gasteiger partial charge in [0.2, 0.25) is 5.91 Å². The summed E-state index contributed by atoms with van der Waals surface area (Å²) < 4.78 is 7.65. The number of fused-ring (bicyclic) bond motifs is 1. The first-order chi connectivity index (χ1) is 19.2. The molecule has 2 saturated carbocycles. The predicted octanol–water partition coefficient (Wildman–Crippen LogP) is 1.67. The standard InChI is InChI=1S/C28H40N8O4/c1-4-18-15-33(2)25-26(36(18)20-7-5-6-8-20)31-28(29,32-27(25)39)30-21-13-17-11-12-34(22(17)14-23(21)40-3)35(16-24(37)38)19-9-10-19/h11-14,18-20,30-31H,4-10,15-16,29H2,1-3H3,(H,32,39)(H,37,38)/t18?,28-/m1/s1. The number of hydrogen-bond donors (Lipinski definition) is 5. The van der Waals surface area contributed by atoms with E-state index < -0.39 is 11.9 Å². The number of nitrogens with zero attached hydrogens (tertiary/aromatic N) is 4. The van der Waals surface area contributed by atoms with E-state index in [0.29, 0.717) is 23.2 Å². The number of methoxy groups -OCH3 is 1. The number of carboxylic acid groups (broad SMARTS) is 1. The molecular weight excluding hydrogens is 512 g/mol. The first-order valence-corrected chi connectivity index (χ1v) is 14.3. The molecule has 6 rings (SSSR count). The normalized spacial score (nSPS) is 25.1. The Labute approximate surface area is 234 Å². The van der Waals surface area contributed by atoms with Gasteiger partial charge >= 0.3 is 5.97 Å². The van der Waals surface area contributed by atoms with Gasteiger partial charge in [0.1, 0.15) is 23.8 Å². The lowest BCUT2D eigenvalue weighted by Gasteiger charge is -2.52. The summed E-state index contributed by atoms with van der Waals surface area (Å²) in [5.74, 6) is -1.27. The van der Waals surface area contributed by atoms with E-state index in [9.17, 15) is 14.7 Å². The minimum atomic E-state index is -1.46. The summed E-state index contributed by atoms with van der Waals surface area (Å²) in [5, 5.41) is 22.0. The Morgan fingerprint density at radius 3 is 2.65 bits per heavy atom. The van der Waals surface area contributed by atoms with Crippen molar-refractivity contribution < 1.29 is 19.4 Å². The SMILES string of the molecule is CCC1CN(C)C2=C(N[C@@](N)(Nc3cc4ccn(N(CC(=O)O)C5CC5)c4cc3OC)NC2=O)N1C1CCCC1. The van der Waals surface area contributed by atoms with E-state index in [1.54, 1.807) is 7.11 Å². The zero-order valence-corrected chi connectivity index (χ0v) is 23.4. The monoisotopic (exact) mass is 552 g/mol. The first-order valence-electron chi connectivity index (χ1n) is 14.3. The van der Waals surface area contributed by atoms with E-state index in [0.717, 1.165) is 55.4 Å². The molecule has 2 fully saturated rings. The van der Waals surface area contributed by atoms with Crippen molar-refractivity contribution in [1.29, 1.82) is 0 Å². The van der Waals surface area contributed by atoms with Crippen LogP contribution in [0.4, 0.5) is 5.69 Å². The number of benzene rings is 1. The Balaban J connectivity index is 1.33. The van der Waals surface area contributed by atoms with Crippen molar-refractivity contribution in [1.82, 2.24) is 25.1 Å². The fraction of sp³-hybridized carbons (Fsp3) is 0.571. The second-order valence-corrected chi connectivity index (χ2v) is 11.5. The van der Waals surface area contributed by atoms with Crippen LogP contribution in [0.5, 0.6) is 5.75 Å². The molecule has 3 heterocycles. The van der Waals surface area contributed by atoms with Crippen molar-refractivity contribution in [3.05, 3.63) is 35.9 Å². The number of carbonyl (C=O) groups excluding carboxylic acids is 1. The topological polar surface area (TPSA) is 140 Å². The van der Waals surface area contributed by atoms with Gasteiger partial charge in [-0.1, -0.05) is 19.8 Å². The number of nitrogens with two attached hydrogens (primary N) is 1. The Hall–Kier alpha value is -3.80. The highest BCUT2D eigenvalue weighted by molar-refractivity contribution is 5.95. The number of ether oxygens (including phenoxy) is 1. The Morgan fingerprint density at radius 2 is 2.00 bits per heavy atom. The molecule has 1 unspecified atom stereocenters. The van der Waals surface area contributed by atoms with Crippen molar-refractivity contribution in [2.45, 2.75) is 75.9 Å². The molecule has 6 N–H and O–H groups in total. The highest BCUT2D eigenvalue weighted by Gasteiger charge is 2.46. The van der Waals surface area contributed by atoms with Crippen LogP contribution < -0.4 is 31.4 Å². The lowest BCUT2D eigenvalue weighted by Crippen LogP contribution is -2.76. The Kier molecular flexibility index (Phi) is 6.60. The molecule has 0 bridgehead atoms. The van der Waals surface area contributed by atoms with Gasteiger partial charge in [-0.3, -0.25) is 30.3 Å². The molecule has 4 aliphatic rings. The van der Waals surface area contributed by atoms with Crippen LogP contribution in [-0.4, -0.2) is 82.7 Å². The van der Waals surface area contributed by atoms with Gasteiger partial charge in [-0.2, -0.15) is 0 Å². The van der Waals surface area contributed by atoms with Crippen molar-refractivity contribution in [3.63, 3.8) is 0 Å². The lowest BCUT2D eigenvalue weighted by molar-refractivity contribution is -0.135. The van der Waals surface area contributed by atoms with E-state index in [2.05, 4.69) is 27.8 Å². The van der Waals surface area contributed by atoms with Crippen LogP contribution in [0.2, 0.25) is 0 Å². The first kappa shape index (κ1) is 26.4. The van der Waals surface area contributed by atoms with Crippen LogP contribution in [0.15, 0.2) is 35.9 Å². The summed E-state index contributed by atoms with van der Waals surface area (Å²) in [5.41, 5.74) is 8.88. The van der Waals surface area contributed by atoms with Crippen molar-refractivity contribution in [3.8, 4) is 5.75 Å². The third-order valence-electron chi connectivity index (χ3n) is 8.64. The summed E-state index contributed by atoms with van der Waals surface area (Å²) in [6.07, 6.45) is 9.37. The smallest absolute Gasteiger partial charge is 0.324 e. The number of carboxylic acids is 1. The number of nitrogens with one attached hydrogen (secondary N) is 3. The van der Waals surface area contributed by atoms with Gasteiger partial charge in [-0.05, 0) is 44.2 Å². The third kappa shape index (κ3) is 4.63. The summed E-state index contributed by atoms with van der Waals surface area (Å²) in [4.78, 5) is 29.5. The number of likely N-dealkylation sites (N-methyl/N-ethyl adjacent to an activating group) is 1. The van der Waals surface area contributed by atoms with Gasteiger partial charge in [0.25, 0.3) is 5.91 Å². The zero-order valence-electron chi connectivity index (χ0n) is 23.4. The van der Waals surface area contributed by atoms with E-state index in [1.165, 1.54) is 12.8 Å². The number of aliphatic carboxylic acids is 1. The molecule has 2 atom stereocenters. The van der Waals surface area contributed by atoms with Crippen molar-refractivity contribution in [2.24, 2.45) is 5.73 Å². The molecule has 2 aliphatic heterocycles. The number of carbonyl (C=O) groups is 2. The van der Waals surface area contributed by atoms with Gasteiger partial charge in [-0.15, -0.1) is 0 Å². The quantitative estimate of drug-likeness (QED) is 0.292. The Bertz CT molecular complexity index is 1350. The predicted molar refractivity (Wildman–Crippen MR) is 152 cm³/mol. The molecule has 0 saturated heterocycles. The minimum absolute atomic E-state index is 0.0826. The van der Waals surface area contributed by atoms with Crippen LogP contribution in [0.25, 0.3) is 10.9 Å². The molecule has 2 aromatic rings. The number of hydrogen-bond acceptors (Lipinski definition) is 9. The number of amides is 1. The van der Waals surface area contributed by atoms with E-state index in [-0.39, 0.29) is 24.5 Å². The van der Waals surface area contributed by atoms with E-state index >= 15 is 0 Å². The molecule has 1 aromatic heterocycles. The molecule has 0 spiro atoms. The maximum absolute atomic E-state index is 13.5. The largest absolute Gasteiger partial charge is 0.495 e. The molecule has 12 nitrogen and oxygen atoms in total. The molecule has 216 valence electrons. The van der Waals surface area contributed by atoms with Gasteiger partial charge < -0.3 is 30.3 Å². The van der Waals surface area contributed by atoms with Crippen LogP contribution in [0.1, 0.15) is 51.9 Å². The van der Waals surface area contributed by atoms with Gasteiger partial charge in [0.05, 0.1) is 18.3 Å². The van der Waals surface area contributed by atoms with Crippen molar-refractivity contribution >= 4 is 28.5 Å². The molecule has 40 heavy (non-hydrogen) atoms. The number of anilines is 1. The molecular formula is C28H40N8O4. The third-order valence-corrected chi connectivity index (χ3v) is 8.64. The lowest BCUT2D eigenvalue weighted by atomic mass is 10.0. The summed E-state index contributed by atoms with van der Waals surface area (Å²) in [6, 6.07) is 6.59. The van der Waals surface area contributed by atoms with Crippen LogP contribution in [0, 0.1) is 0 Å². The average Bonchev–Trinajstić information content (AvgIpc) is 3.45. The van der Waals surface area contributed by atoms with Gasteiger partial charge in [0.15, 0.2) is 0 Å². The Morgan fingerprint density at radius 1 is 1.25 bits per heavy atom. The average molecular weight is 553 g/mol. The van der Waals surface area contributed by atoms with E-state index in [4.69, 9.17) is 10.5 Å². The molecule has 12 heteroatoms. The summed E-state index contributed by atoms with van der Waals surface area (Å²) in [7, 11) is 3.54.